The van der Waals surface area contributed by atoms with E-state index < -0.39 is 5.60 Å². The standard InChI is InChI=1S/C26H32N6O2/c1-17(31-13-12-20(27)15-31)19-9-11-23-29-30-25(32(23)14-19)21-10-8-18-6-5-7-22(24(18)28-21)34-16-26(2,3)33-4/h5-11,14,17,20H,12-13,15-16,27H2,1-4H3/t17-,20-/m0/s1. The molecule has 8 heteroatoms. The predicted molar refractivity (Wildman–Crippen MR) is 133 cm³/mol. The molecule has 3 aromatic heterocycles. The van der Waals surface area contributed by atoms with E-state index in [0.717, 1.165) is 47.5 Å². The van der Waals surface area contributed by atoms with Crippen LogP contribution < -0.4 is 10.5 Å². The molecule has 0 aliphatic carbocycles. The summed E-state index contributed by atoms with van der Waals surface area (Å²) in [5.74, 6) is 1.43. The van der Waals surface area contributed by atoms with Crippen LogP contribution in [0.1, 0.15) is 38.8 Å². The second-order valence-electron chi connectivity index (χ2n) is 9.71. The van der Waals surface area contributed by atoms with Gasteiger partial charge in [0.1, 0.15) is 23.6 Å². The molecule has 0 unspecified atom stereocenters. The van der Waals surface area contributed by atoms with E-state index >= 15 is 0 Å². The van der Waals surface area contributed by atoms with E-state index in [0.29, 0.717) is 12.4 Å². The van der Waals surface area contributed by atoms with Gasteiger partial charge in [0.2, 0.25) is 0 Å². The Kier molecular flexibility index (Phi) is 5.97. The number of pyridine rings is 2. The zero-order chi connectivity index (χ0) is 23.9. The lowest BCUT2D eigenvalue weighted by molar-refractivity contribution is -0.0143. The molecule has 1 fully saturated rings. The SMILES string of the molecule is COC(C)(C)COc1cccc2ccc(-c3nnc4ccc([C@H](C)N5CC[C@H](N)C5)cn34)nc12. The van der Waals surface area contributed by atoms with Crippen LogP contribution in [0.4, 0.5) is 0 Å². The highest BCUT2D eigenvalue weighted by atomic mass is 16.5. The molecule has 0 amide bonds. The number of nitrogens with zero attached hydrogens (tertiary/aromatic N) is 5. The number of aromatic nitrogens is 4. The highest BCUT2D eigenvalue weighted by molar-refractivity contribution is 5.86. The third kappa shape index (κ3) is 4.36. The zero-order valence-electron chi connectivity index (χ0n) is 20.2. The fourth-order valence-corrected chi connectivity index (χ4v) is 4.38. The maximum absolute atomic E-state index is 6.13. The van der Waals surface area contributed by atoms with Crippen molar-refractivity contribution in [3.05, 3.63) is 54.2 Å². The molecule has 0 radical (unpaired) electrons. The minimum absolute atomic E-state index is 0.254. The summed E-state index contributed by atoms with van der Waals surface area (Å²) in [6.07, 6.45) is 3.16. The number of nitrogens with two attached hydrogens (primary N) is 1. The fraction of sp³-hybridized carbons (Fsp3) is 0.423. The Balaban J connectivity index is 1.51. The van der Waals surface area contributed by atoms with Crippen molar-refractivity contribution < 1.29 is 9.47 Å². The summed E-state index contributed by atoms with van der Waals surface area (Å²) in [5, 5.41) is 9.85. The van der Waals surface area contributed by atoms with Crippen molar-refractivity contribution in [3.8, 4) is 17.3 Å². The van der Waals surface area contributed by atoms with Crippen molar-refractivity contribution in [1.29, 1.82) is 0 Å². The van der Waals surface area contributed by atoms with Gasteiger partial charge in [-0.3, -0.25) is 9.30 Å². The highest BCUT2D eigenvalue weighted by Gasteiger charge is 2.25. The van der Waals surface area contributed by atoms with E-state index in [2.05, 4.69) is 34.3 Å². The first-order valence-corrected chi connectivity index (χ1v) is 11.8. The maximum Gasteiger partial charge on any atom is 0.187 e. The van der Waals surface area contributed by atoms with Gasteiger partial charge >= 0.3 is 0 Å². The number of rotatable bonds is 7. The van der Waals surface area contributed by atoms with Gasteiger partial charge in [-0.2, -0.15) is 0 Å². The van der Waals surface area contributed by atoms with E-state index in [1.54, 1.807) is 7.11 Å². The van der Waals surface area contributed by atoms with Crippen LogP contribution in [0.5, 0.6) is 5.75 Å². The third-order valence-corrected chi connectivity index (χ3v) is 6.75. The summed E-state index contributed by atoms with van der Waals surface area (Å²) < 4.78 is 13.6. The molecule has 2 atom stereocenters. The van der Waals surface area contributed by atoms with Gasteiger partial charge in [-0.15, -0.1) is 10.2 Å². The zero-order valence-corrected chi connectivity index (χ0v) is 20.2. The average Bonchev–Trinajstić information content (AvgIpc) is 3.47. The Morgan fingerprint density at radius 1 is 1.15 bits per heavy atom. The van der Waals surface area contributed by atoms with Crippen LogP contribution in [-0.2, 0) is 4.74 Å². The minimum Gasteiger partial charge on any atom is -0.488 e. The first-order chi connectivity index (χ1) is 16.3. The molecule has 1 aromatic carbocycles. The Hall–Kier alpha value is -3.07. The molecule has 1 aliphatic rings. The largest absolute Gasteiger partial charge is 0.488 e. The second-order valence-corrected chi connectivity index (χ2v) is 9.71. The van der Waals surface area contributed by atoms with Crippen LogP contribution in [0.3, 0.4) is 0 Å². The van der Waals surface area contributed by atoms with Crippen molar-refractivity contribution in [2.24, 2.45) is 5.73 Å². The molecule has 0 bridgehead atoms. The average molecular weight is 461 g/mol. The number of likely N-dealkylation sites (tertiary alicyclic amines) is 1. The van der Waals surface area contributed by atoms with E-state index in [-0.39, 0.29) is 12.1 Å². The van der Waals surface area contributed by atoms with Gasteiger partial charge in [0.05, 0.1) is 5.60 Å². The van der Waals surface area contributed by atoms with Gasteiger partial charge in [-0.25, -0.2) is 4.98 Å². The van der Waals surface area contributed by atoms with E-state index in [1.165, 1.54) is 5.56 Å². The molecular weight excluding hydrogens is 428 g/mol. The number of methoxy groups -OCH3 is 1. The molecule has 178 valence electrons. The Morgan fingerprint density at radius 2 is 2.00 bits per heavy atom. The molecule has 1 aliphatic heterocycles. The lowest BCUT2D eigenvalue weighted by atomic mass is 10.1. The van der Waals surface area contributed by atoms with Crippen molar-refractivity contribution in [2.75, 3.05) is 26.8 Å². The van der Waals surface area contributed by atoms with Crippen LogP contribution in [0.25, 0.3) is 28.1 Å². The summed E-state index contributed by atoms with van der Waals surface area (Å²) in [6.45, 7) is 8.57. The van der Waals surface area contributed by atoms with Crippen LogP contribution in [0.15, 0.2) is 48.7 Å². The molecule has 0 spiro atoms. The fourth-order valence-electron chi connectivity index (χ4n) is 4.38. The molecule has 4 aromatic rings. The van der Waals surface area contributed by atoms with Crippen molar-refractivity contribution in [1.82, 2.24) is 24.5 Å². The number of hydrogen-bond acceptors (Lipinski definition) is 7. The molecule has 34 heavy (non-hydrogen) atoms. The molecule has 2 N–H and O–H groups in total. The van der Waals surface area contributed by atoms with Gasteiger partial charge in [-0.05, 0) is 51.0 Å². The summed E-state index contributed by atoms with van der Waals surface area (Å²) in [7, 11) is 1.69. The molecule has 4 heterocycles. The van der Waals surface area contributed by atoms with Crippen molar-refractivity contribution >= 4 is 16.6 Å². The van der Waals surface area contributed by atoms with Gasteiger partial charge in [0.25, 0.3) is 0 Å². The maximum atomic E-state index is 6.13. The number of ether oxygens (including phenoxy) is 2. The first kappa shape index (κ1) is 22.7. The molecule has 8 nitrogen and oxygen atoms in total. The summed E-state index contributed by atoms with van der Waals surface area (Å²) in [4.78, 5) is 7.37. The number of hydrogen-bond donors (Lipinski definition) is 1. The summed E-state index contributed by atoms with van der Waals surface area (Å²) >= 11 is 0. The molecular formula is C26H32N6O2. The minimum atomic E-state index is -0.394. The summed E-state index contributed by atoms with van der Waals surface area (Å²) in [6, 6.07) is 14.6. The lowest BCUT2D eigenvalue weighted by Crippen LogP contribution is -2.30. The first-order valence-electron chi connectivity index (χ1n) is 11.8. The number of para-hydroxylation sites is 1. The molecule has 0 saturated carbocycles. The normalized spacial score (nSPS) is 18.1. The third-order valence-electron chi connectivity index (χ3n) is 6.75. The predicted octanol–water partition coefficient (Wildman–Crippen LogP) is 3.84. The Morgan fingerprint density at radius 3 is 2.76 bits per heavy atom. The van der Waals surface area contributed by atoms with Gasteiger partial charge in [0.15, 0.2) is 11.5 Å². The van der Waals surface area contributed by atoms with E-state index in [4.69, 9.17) is 20.2 Å². The number of fused-ring (bicyclic) bond motifs is 2. The van der Waals surface area contributed by atoms with Gasteiger partial charge in [0, 0.05) is 43.9 Å². The van der Waals surface area contributed by atoms with Gasteiger partial charge < -0.3 is 15.2 Å². The van der Waals surface area contributed by atoms with Crippen LogP contribution in [0, 0.1) is 0 Å². The Bertz CT molecular complexity index is 1320. The van der Waals surface area contributed by atoms with Crippen LogP contribution >= 0.6 is 0 Å². The van der Waals surface area contributed by atoms with E-state index in [1.807, 2.05) is 54.6 Å². The summed E-state index contributed by atoms with van der Waals surface area (Å²) in [5.41, 5.74) is 9.27. The molecule has 5 rings (SSSR count). The smallest absolute Gasteiger partial charge is 0.187 e. The van der Waals surface area contributed by atoms with Crippen LogP contribution in [-0.4, -0.2) is 62.9 Å². The van der Waals surface area contributed by atoms with Crippen LogP contribution in [0.2, 0.25) is 0 Å². The lowest BCUT2D eigenvalue weighted by Gasteiger charge is -2.24. The molecule has 1 saturated heterocycles. The highest BCUT2D eigenvalue weighted by Crippen LogP contribution is 2.29. The van der Waals surface area contributed by atoms with E-state index in [9.17, 15) is 0 Å². The van der Waals surface area contributed by atoms with Crippen molar-refractivity contribution in [3.63, 3.8) is 0 Å². The number of benzene rings is 1. The second kappa shape index (κ2) is 8.94. The van der Waals surface area contributed by atoms with Crippen molar-refractivity contribution in [2.45, 2.75) is 44.9 Å². The monoisotopic (exact) mass is 460 g/mol. The van der Waals surface area contributed by atoms with Gasteiger partial charge in [-0.1, -0.05) is 24.3 Å². The quantitative estimate of drug-likeness (QED) is 0.448. The topological polar surface area (TPSA) is 90.8 Å². The Labute approximate surface area is 199 Å².